The summed E-state index contributed by atoms with van der Waals surface area (Å²) in [7, 11) is 0. The number of amides is 1. The maximum Gasteiger partial charge on any atom is 0.224 e. The van der Waals surface area contributed by atoms with Gasteiger partial charge in [0.05, 0.1) is 17.1 Å². The Kier molecular flexibility index (Phi) is 4.86. The maximum absolute atomic E-state index is 12.3. The van der Waals surface area contributed by atoms with Crippen molar-refractivity contribution in [3.05, 3.63) is 40.2 Å². The Morgan fingerprint density at radius 2 is 1.92 bits per heavy atom. The van der Waals surface area contributed by atoms with E-state index < -0.39 is 0 Å². The van der Waals surface area contributed by atoms with Gasteiger partial charge in [0.15, 0.2) is 0 Å². The SMILES string of the molecule is Cc1nc(-c2ccc(CC(=O)NC3CCN(C4CC4)CC3)cc2)cs1. The predicted octanol–water partition coefficient (Wildman–Crippen LogP) is 3.40. The van der Waals surface area contributed by atoms with Crippen LogP contribution in [0, 0.1) is 6.92 Å². The topological polar surface area (TPSA) is 45.2 Å². The minimum atomic E-state index is 0.141. The quantitative estimate of drug-likeness (QED) is 0.894. The number of carbonyl (C=O) groups excluding carboxylic acids is 1. The molecule has 2 aliphatic rings. The number of likely N-dealkylation sites (tertiary alicyclic amines) is 1. The molecule has 1 aliphatic carbocycles. The number of nitrogens with one attached hydrogen (secondary N) is 1. The summed E-state index contributed by atoms with van der Waals surface area (Å²) >= 11 is 1.66. The molecule has 0 spiro atoms. The zero-order chi connectivity index (χ0) is 17.2. The monoisotopic (exact) mass is 355 g/mol. The molecule has 2 heterocycles. The summed E-state index contributed by atoms with van der Waals surface area (Å²) in [5.41, 5.74) is 3.19. The van der Waals surface area contributed by atoms with Gasteiger partial charge >= 0.3 is 0 Å². The second-order valence-corrected chi connectivity index (χ2v) is 8.30. The number of carbonyl (C=O) groups is 1. The van der Waals surface area contributed by atoms with Crippen LogP contribution in [0.25, 0.3) is 11.3 Å². The molecule has 5 heteroatoms. The Labute approximate surface area is 153 Å². The van der Waals surface area contributed by atoms with Crippen LogP contribution in [0.5, 0.6) is 0 Å². The molecule has 1 aliphatic heterocycles. The fourth-order valence-corrected chi connectivity index (χ4v) is 4.22. The Hall–Kier alpha value is -1.72. The van der Waals surface area contributed by atoms with E-state index >= 15 is 0 Å². The number of aromatic nitrogens is 1. The summed E-state index contributed by atoms with van der Waals surface area (Å²) in [4.78, 5) is 19.4. The van der Waals surface area contributed by atoms with Crippen molar-refractivity contribution in [2.45, 2.75) is 51.1 Å². The summed E-state index contributed by atoms with van der Waals surface area (Å²) in [5.74, 6) is 0.141. The minimum Gasteiger partial charge on any atom is -0.353 e. The van der Waals surface area contributed by atoms with Crippen LogP contribution >= 0.6 is 11.3 Å². The molecule has 1 aromatic carbocycles. The normalized spacial score (nSPS) is 19.1. The van der Waals surface area contributed by atoms with Crippen LogP contribution in [0.2, 0.25) is 0 Å². The standard InChI is InChI=1S/C20H25N3OS/c1-14-21-19(13-25-14)16-4-2-15(3-5-16)12-20(24)22-17-8-10-23(11-9-17)18-6-7-18/h2-5,13,17-18H,6-12H2,1H3,(H,22,24). The molecule has 0 bridgehead atoms. The summed E-state index contributed by atoms with van der Waals surface area (Å²) in [6.07, 6.45) is 5.37. The Morgan fingerprint density at radius 1 is 1.20 bits per heavy atom. The molecule has 0 unspecified atom stereocenters. The van der Waals surface area contributed by atoms with Gasteiger partial charge in [-0.3, -0.25) is 4.79 Å². The third-order valence-electron chi connectivity index (χ3n) is 5.19. The lowest BCUT2D eigenvalue weighted by molar-refractivity contribution is -0.121. The van der Waals surface area contributed by atoms with Crippen LogP contribution in [0.3, 0.4) is 0 Å². The number of nitrogens with zero attached hydrogens (tertiary/aromatic N) is 2. The molecule has 2 aromatic rings. The highest BCUT2D eigenvalue weighted by atomic mass is 32.1. The molecule has 0 radical (unpaired) electrons. The van der Waals surface area contributed by atoms with Gasteiger partial charge in [-0.05, 0) is 38.2 Å². The molecule has 1 amide bonds. The first-order valence-electron chi connectivity index (χ1n) is 9.22. The molecule has 1 aromatic heterocycles. The van der Waals surface area contributed by atoms with Gasteiger partial charge in [0.1, 0.15) is 0 Å². The highest BCUT2D eigenvalue weighted by Gasteiger charge is 2.32. The molecule has 1 saturated carbocycles. The van der Waals surface area contributed by atoms with E-state index in [-0.39, 0.29) is 5.91 Å². The van der Waals surface area contributed by atoms with Crippen LogP contribution in [0.4, 0.5) is 0 Å². The highest BCUT2D eigenvalue weighted by Crippen LogP contribution is 2.29. The molecular weight excluding hydrogens is 330 g/mol. The largest absolute Gasteiger partial charge is 0.353 e. The molecule has 4 rings (SSSR count). The number of thiazole rings is 1. The Morgan fingerprint density at radius 3 is 2.52 bits per heavy atom. The summed E-state index contributed by atoms with van der Waals surface area (Å²) in [6.45, 7) is 4.29. The summed E-state index contributed by atoms with van der Waals surface area (Å²) in [6, 6.07) is 9.39. The number of aryl methyl sites for hydroxylation is 1. The van der Waals surface area contributed by atoms with Crippen molar-refractivity contribution in [2.75, 3.05) is 13.1 Å². The molecular formula is C20H25N3OS. The van der Waals surface area contributed by atoms with Gasteiger partial charge in [0, 0.05) is 36.1 Å². The van der Waals surface area contributed by atoms with E-state index in [1.165, 1.54) is 12.8 Å². The van der Waals surface area contributed by atoms with Gasteiger partial charge < -0.3 is 10.2 Å². The number of piperidine rings is 1. The minimum absolute atomic E-state index is 0.141. The fraction of sp³-hybridized carbons (Fsp3) is 0.500. The van der Waals surface area contributed by atoms with Crippen molar-refractivity contribution < 1.29 is 4.79 Å². The zero-order valence-electron chi connectivity index (χ0n) is 14.7. The van der Waals surface area contributed by atoms with E-state index in [1.807, 2.05) is 19.1 Å². The van der Waals surface area contributed by atoms with Crippen LogP contribution in [0.15, 0.2) is 29.6 Å². The predicted molar refractivity (Wildman–Crippen MR) is 102 cm³/mol. The molecule has 132 valence electrons. The van der Waals surface area contributed by atoms with Gasteiger partial charge in [0.2, 0.25) is 5.91 Å². The van der Waals surface area contributed by atoms with E-state index in [4.69, 9.17) is 0 Å². The molecule has 1 saturated heterocycles. The first-order chi connectivity index (χ1) is 12.2. The fourth-order valence-electron chi connectivity index (χ4n) is 3.60. The lowest BCUT2D eigenvalue weighted by Gasteiger charge is -2.32. The second kappa shape index (κ2) is 7.26. The van der Waals surface area contributed by atoms with E-state index in [2.05, 4.69) is 32.7 Å². The first-order valence-corrected chi connectivity index (χ1v) is 10.1. The van der Waals surface area contributed by atoms with E-state index in [1.54, 1.807) is 11.3 Å². The number of rotatable bonds is 5. The second-order valence-electron chi connectivity index (χ2n) is 7.23. The first kappa shape index (κ1) is 16.7. The van der Waals surface area contributed by atoms with Gasteiger partial charge in [-0.15, -0.1) is 11.3 Å². The van der Waals surface area contributed by atoms with E-state index in [0.29, 0.717) is 12.5 Å². The summed E-state index contributed by atoms with van der Waals surface area (Å²) < 4.78 is 0. The number of benzene rings is 1. The molecule has 25 heavy (non-hydrogen) atoms. The zero-order valence-corrected chi connectivity index (χ0v) is 15.5. The lowest BCUT2D eigenvalue weighted by Crippen LogP contribution is -2.45. The van der Waals surface area contributed by atoms with Gasteiger partial charge in [-0.25, -0.2) is 4.98 Å². The molecule has 1 N–H and O–H groups in total. The van der Waals surface area contributed by atoms with Crippen LogP contribution in [-0.4, -0.2) is 41.0 Å². The van der Waals surface area contributed by atoms with Gasteiger partial charge in [-0.1, -0.05) is 24.3 Å². The third-order valence-corrected chi connectivity index (χ3v) is 5.96. The van der Waals surface area contributed by atoms with Crippen LogP contribution in [-0.2, 0) is 11.2 Å². The van der Waals surface area contributed by atoms with Crippen molar-refractivity contribution in [3.63, 3.8) is 0 Å². The average Bonchev–Trinajstić information content (AvgIpc) is 3.37. The average molecular weight is 356 g/mol. The van der Waals surface area contributed by atoms with Crippen molar-refractivity contribution >= 4 is 17.2 Å². The van der Waals surface area contributed by atoms with E-state index in [9.17, 15) is 4.79 Å². The van der Waals surface area contributed by atoms with Crippen molar-refractivity contribution in [3.8, 4) is 11.3 Å². The van der Waals surface area contributed by atoms with E-state index in [0.717, 1.165) is 53.8 Å². The van der Waals surface area contributed by atoms with Crippen LogP contribution < -0.4 is 5.32 Å². The molecule has 0 atom stereocenters. The lowest BCUT2D eigenvalue weighted by atomic mass is 10.0. The number of hydrogen-bond acceptors (Lipinski definition) is 4. The van der Waals surface area contributed by atoms with Crippen molar-refractivity contribution in [1.29, 1.82) is 0 Å². The summed E-state index contributed by atoms with van der Waals surface area (Å²) in [5, 5.41) is 6.37. The van der Waals surface area contributed by atoms with Crippen molar-refractivity contribution in [2.24, 2.45) is 0 Å². The third kappa shape index (κ3) is 4.28. The molecule has 2 fully saturated rings. The Bertz CT molecular complexity index is 728. The van der Waals surface area contributed by atoms with Crippen LogP contribution in [0.1, 0.15) is 36.3 Å². The number of hydrogen-bond donors (Lipinski definition) is 1. The van der Waals surface area contributed by atoms with Gasteiger partial charge in [-0.2, -0.15) is 0 Å². The maximum atomic E-state index is 12.3. The highest BCUT2D eigenvalue weighted by molar-refractivity contribution is 7.09. The smallest absolute Gasteiger partial charge is 0.224 e. The Balaban J connectivity index is 1.27. The molecule has 4 nitrogen and oxygen atoms in total. The van der Waals surface area contributed by atoms with Gasteiger partial charge in [0.25, 0.3) is 0 Å². The van der Waals surface area contributed by atoms with Crippen molar-refractivity contribution in [1.82, 2.24) is 15.2 Å².